The van der Waals surface area contributed by atoms with Crippen LogP contribution in [0.2, 0.25) is 0 Å². The van der Waals surface area contributed by atoms with Gasteiger partial charge in [-0.1, -0.05) is 6.92 Å². The molecule has 0 spiro atoms. The number of nitrogens with one attached hydrogen (secondary N) is 1. The van der Waals surface area contributed by atoms with Gasteiger partial charge in [0.25, 0.3) is 0 Å². The average molecular weight is 258 g/mol. The molecule has 0 aromatic carbocycles. The molecule has 0 saturated carbocycles. The van der Waals surface area contributed by atoms with Gasteiger partial charge in [0.15, 0.2) is 0 Å². The fraction of sp³-hybridized carbons (Fsp3) is 0.833. The van der Waals surface area contributed by atoms with Crippen LogP contribution in [0.3, 0.4) is 0 Å². The maximum atomic E-state index is 11.9. The molecular formula is C12H22N2O4. The van der Waals surface area contributed by atoms with E-state index in [1.54, 1.807) is 11.8 Å². The minimum absolute atomic E-state index is 0.0393. The number of ether oxygens (including phenoxy) is 1. The molecule has 1 aliphatic rings. The summed E-state index contributed by atoms with van der Waals surface area (Å²) in [4.78, 5) is 24.2. The number of urea groups is 1. The van der Waals surface area contributed by atoms with Crippen LogP contribution in [0, 0.1) is 5.92 Å². The van der Waals surface area contributed by atoms with Crippen molar-refractivity contribution in [3.05, 3.63) is 0 Å². The highest BCUT2D eigenvalue weighted by molar-refractivity contribution is 5.74. The van der Waals surface area contributed by atoms with Crippen molar-refractivity contribution in [3.63, 3.8) is 0 Å². The van der Waals surface area contributed by atoms with Gasteiger partial charge in [0.05, 0.1) is 18.1 Å². The Morgan fingerprint density at radius 1 is 1.39 bits per heavy atom. The van der Waals surface area contributed by atoms with E-state index in [4.69, 9.17) is 9.84 Å². The van der Waals surface area contributed by atoms with Crippen molar-refractivity contribution >= 4 is 12.0 Å². The third-order valence-corrected chi connectivity index (χ3v) is 2.98. The summed E-state index contributed by atoms with van der Waals surface area (Å²) >= 11 is 0. The van der Waals surface area contributed by atoms with Gasteiger partial charge in [0, 0.05) is 19.6 Å². The van der Waals surface area contributed by atoms with Crippen molar-refractivity contribution in [3.8, 4) is 0 Å². The summed E-state index contributed by atoms with van der Waals surface area (Å²) < 4.78 is 5.54. The maximum absolute atomic E-state index is 11.9. The number of hydrogen-bond acceptors (Lipinski definition) is 3. The highest BCUT2D eigenvalue weighted by Gasteiger charge is 2.25. The Morgan fingerprint density at radius 3 is 2.44 bits per heavy atom. The van der Waals surface area contributed by atoms with Crippen LogP contribution in [0.4, 0.5) is 4.79 Å². The molecular weight excluding hydrogens is 236 g/mol. The normalized spacial score (nSPS) is 25.6. The number of hydrogen-bond donors (Lipinski definition) is 2. The van der Waals surface area contributed by atoms with Crippen molar-refractivity contribution < 1.29 is 19.4 Å². The number of rotatable bonds is 4. The molecule has 0 bridgehead atoms. The van der Waals surface area contributed by atoms with Crippen LogP contribution in [-0.4, -0.2) is 53.8 Å². The number of amides is 2. The van der Waals surface area contributed by atoms with E-state index in [1.165, 1.54) is 0 Å². The highest BCUT2D eigenvalue weighted by Crippen LogP contribution is 2.10. The molecule has 1 aliphatic heterocycles. The van der Waals surface area contributed by atoms with E-state index in [-0.39, 0.29) is 18.2 Å². The monoisotopic (exact) mass is 258 g/mol. The Hall–Kier alpha value is -1.30. The number of carbonyl (C=O) groups is 2. The molecule has 6 heteroatoms. The summed E-state index contributed by atoms with van der Waals surface area (Å²) in [5.74, 6) is -1.27. The molecule has 3 unspecified atom stereocenters. The quantitative estimate of drug-likeness (QED) is 0.785. The number of carboxylic acids is 1. The first-order chi connectivity index (χ1) is 8.40. The lowest BCUT2D eigenvalue weighted by Gasteiger charge is -2.35. The highest BCUT2D eigenvalue weighted by atomic mass is 16.5. The topological polar surface area (TPSA) is 78.9 Å². The number of carboxylic acid groups (broad SMARTS) is 1. The van der Waals surface area contributed by atoms with Crippen LogP contribution >= 0.6 is 0 Å². The number of aliphatic carboxylic acids is 1. The van der Waals surface area contributed by atoms with Crippen LogP contribution in [-0.2, 0) is 9.53 Å². The van der Waals surface area contributed by atoms with Gasteiger partial charge in [0.2, 0.25) is 0 Å². The number of carbonyl (C=O) groups excluding carboxylic acids is 1. The summed E-state index contributed by atoms with van der Waals surface area (Å²) in [5, 5.41) is 11.5. The molecule has 0 aromatic rings. The molecule has 1 rings (SSSR count). The predicted molar refractivity (Wildman–Crippen MR) is 66.4 cm³/mol. The first-order valence-electron chi connectivity index (χ1n) is 6.31. The molecule has 1 heterocycles. The smallest absolute Gasteiger partial charge is 0.317 e. The van der Waals surface area contributed by atoms with Gasteiger partial charge < -0.3 is 20.1 Å². The van der Waals surface area contributed by atoms with E-state index in [2.05, 4.69) is 5.32 Å². The van der Waals surface area contributed by atoms with E-state index >= 15 is 0 Å². The fourth-order valence-corrected chi connectivity index (χ4v) is 1.97. The third kappa shape index (κ3) is 4.52. The molecule has 2 amide bonds. The predicted octanol–water partition coefficient (Wildman–Crippen LogP) is 0.916. The van der Waals surface area contributed by atoms with Gasteiger partial charge >= 0.3 is 12.0 Å². The first-order valence-corrected chi connectivity index (χ1v) is 6.31. The minimum Gasteiger partial charge on any atom is -0.481 e. The molecule has 1 saturated heterocycles. The second kappa shape index (κ2) is 6.58. The summed E-state index contributed by atoms with van der Waals surface area (Å²) in [6.07, 6.45) is 0.520. The summed E-state index contributed by atoms with van der Waals surface area (Å²) in [6, 6.07) is -0.144. The summed E-state index contributed by atoms with van der Waals surface area (Å²) in [7, 11) is 0. The third-order valence-electron chi connectivity index (χ3n) is 2.98. The van der Waals surface area contributed by atoms with Crippen molar-refractivity contribution in [2.45, 2.75) is 39.4 Å². The van der Waals surface area contributed by atoms with E-state index in [0.717, 1.165) is 0 Å². The van der Waals surface area contributed by atoms with Crippen LogP contribution in [0.25, 0.3) is 0 Å². The minimum atomic E-state index is -0.835. The SMILES string of the molecule is CC1CN(C(=O)NCCC(C)C(=O)O)CC(C)O1. The van der Waals surface area contributed by atoms with Gasteiger partial charge in [-0.05, 0) is 20.3 Å². The first kappa shape index (κ1) is 14.8. The van der Waals surface area contributed by atoms with E-state index in [0.29, 0.717) is 26.1 Å². The standard InChI is InChI=1S/C12H22N2O4/c1-8(11(15)16)4-5-13-12(17)14-6-9(2)18-10(3)7-14/h8-10H,4-7H2,1-3H3,(H,13,17)(H,15,16). The van der Waals surface area contributed by atoms with Gasteiger partial charge in [-0.15, -0.1) is 0 Å². The second-order valence-corrected chi connectivity index (χ2v) is 4.92. The lowest BCUT2D eigenvalue weighted by Crippen LogP contribution is -2.51. The molecule has 3 atom stereocenters. The molecule has 2 N–H and O–H groups in total. The van der Waals surface area contributed by atoms with Crippen LogP contribution < -0.4 is 5.32 Å². The van der Waals surface area contributed by atoms with E-state index in [1.807, 2.05) is 13.8 Å². The van der Waals surface area contributed by atoms with E-state index < -0.39 is 11.9 Å². The van der Waals surface area contributed by atoms with Crippen LogP contribution in [0.1, 0.15) is 27.2 Å². The number of nitrogens with zero attached hydrogens (tertiary/aromatic N) is 1. The molecule has 104 valence electrons. The Balaban J connectivity index is 2.30. The maximum Gasteiger partial charge on any atom is 0.317 e. The molecule has 0 aromatic heterocycles. The van der Waals surface area contributed by atoms with Gasteiger partial charge in [-0.3, -0.25) is 4.79 Å². The van der Waals surface area contributed by atoms with Crippen molar-refractivity contribution in [2.24, 2.45) is 5.92 Å². The zero-order valence-corrected chi connectivity index (χ0v) is 11.2. The molecule has 18 heavy (non-hydrogen) atoms. The van der Waals surface area contributed by atoms with Crippen molar-refractivity contribution in [1.29, 1.82) is 0 Å². The zero-order chi connectivity index (χ0) is 13.7. The summed E-state index contributed by atoms with van der Waals surface area (Å²) in [5.41, 5.74) is 0. The van der Waals surface area contributed by atoms with Gasteiger partial charge in [-0.25, -0.2) is 4.79 Å². The van der Waals surface area contributed by atoms with Crippen molar-refractivity contribution in [2.75, 3.05) is 19.6 Å². The fourth-order valence-electron chi connectivity index (χ4n) is 1.97. The van der Waals surface area contributed by atoms with Crippen molar-refractivity contribution in [1.82, 2.24) is 10.2 Å². The van der Waals surface area contributed by atoms with Crippen LogP contribution in [0.15, 0.2) is 0 Å². The Bertz CT molecular complexity index is 298. The average Bonchev–Trinajstić information content (AvgIpc) is 2.27. The molecule has 1 fully saturated rings. The summed E-state index contributed by atoms with van der Waals surface area (Å²) in [6.45, 7) is 7.03. The Morgan fingerprint density at radius 2 is 1.94 bits per heavy atom. The number of morpholine rings is 1. The lowest BCUT2D eigenvalue weighted by atomic mass is 10.1. The zero-order valence-electron chi connectivity index (χ0n) is 11.2. The van der Waals surface area contributed by atoms with Gasteiger partial charge in [-0.2, -0.15) is 0 Å². The molecule has 0 radical (unpaired) electrons. The van der Waals surface area contributed by atoms with E-state index in [9.17, 15) is 9.59 Å². The molecule has 6 nitrogen and oxygen atoms in total. The Kier molecular flexibility index (Phi) is 5.40. The van der Waals surface area contributed by atoms with Gasteiger partial charge in [0.1, 0.15) is 0 Å². The second-order valence-electron chi connectivity index (χ2n) is 4.92. The largest absolute Gasteiger partial charge is 0.481 e. The molecule has 0 aliphatic carbocycles. The Labute approximate surface area is 107 Å². The lowest BCUT2D eigenvalue weighted by molar-refractivity contribution is -0.141. The van der Waals surface area contributed by atoms with Crippen LogP contribution in [0.5, 0.6) is 0 Å².